The number of rotatable bonds is 6. The number of hydrogen-bond acceptors (Lipinski definition) is 4. The van der Waals surface area contributed by atoms with Crippen molar-refractivity contribution in [2.24, 2.45) is 5.92 Å². The minimum atomic E-state index is -0.276. The molecule has 0 radical (unpaired) electrons. The molecule has 1 saturated heterocycles. The molecule has 1 aliphatic rings. The van der Waals surface area contributed by atoms with Crippen LogP contribution in [0.15, 0.2) is 71.2 Å². The van der Waals surface area contributed by atoms with E-state index in [0.717, 1.165) is 30.1 Å². The maximum atomic E-state index is 12.4. The maximum absolute atomic E-state index is 12.4. The van der Waals surface area contributed by atoms with E-state index >= 15 is 0 Å². The van der Waals surface area contributed by atoms with Crippen molar-refractivity contribution < 1.29 is 14.0 Å². The normalized spacial score (nSPS) is 14.1. The smallest absolute Gasteiger partial charge is 0.248 e. The van der Waals surface area contributed by atoms with Gasteiger partial charge in [0.1, 0.15) is 11.5 Å². The van der Waals surface area contributed by atoms with Crippen LogP contribution in [0, 0.1) is 5.92 Å². The molecule has 2 amide bonds. The number of nitrogens with zero attached hydrogens (tertiary/aromatic N) is 2. The number of nitrogens with one attached hydrogen (secondary N) is 1. The van der Waals surface area contributed by atoms with E-state index in [9.17, 15) is 9.59 Å². The lowest BCUT2D eigenvalue weighted by Gasteiger charge is -2.37. The maximum Gasteiger partial charge on any atom is 0.248 e. The van der Waals surface area contributed by atoms with E-state index in [-0.39, 0.29) is 17.7 Å². The molecule has 0 spiro atoms. The third-order valence-electron chi connectivity index (χ3n) is 5.73. The van der Waals surface area contributed by atoms with Crippen molar-refractivity contribution in [1.29, 1.82) is 0 Å². The number of benzene rings is 2. The highest BCUT2D eigenvalue weighted by molar-refractivity contribution is 6.33. The molecule has 1 N–H and O–H groups in total. The lowest BCUT2D eigenvalue weighted by molar-refractivity contribution is -0.134. The zero-order valence-corrected chi connectivity index (χ0v) is 20.1. The Bertz CT molecular complexity index is 1180. The van der Waals surface area contributed by atoms with Crippen LogP contribution in [0.1, 0.15) is 19.6 Å². The number of piperazine rings is 1. The molecule has 3 aromatic rings. The quantitative estimate of drug-likeness (QED) is 0.472. The van der Waals surface area contributed by atoms with Crippen molar-refractivity contribution in [2.75, 3.05) is 36.4 Å². The van der Waals surface area contributed by atoms with Gasteiger partial charge in [0.05, 0.1) is 10.7 Å². The fourth-order valence-electron chi connectivity index (χ4n) is 3.92. The summed E-state index contributed by atoms with van der Waals surface area (Å²) >= 11 is 6.52. The number of halogens is 1. The molecule has 2 aromatic carbocycles. The largest absolute Gasteiger partial charge is 0.457 e. The zero-order valence-electron chi connectivity index (χ0n) is 19.3. The second kappa shape index (κ2) is 10.6. The van der Waals surface area contributed by atoms with Crippen molar-refractivity contribution in [2.45, 2.75) is 13.8 Å². The Morgan fingerprint density at radius 1 is 1.00 bits per heavy atom. The fraction of sp³-hybridized carbons (Fsp3) is 0.259. The SMILES string of the molecule is CC(C)C(=O)N1CCN(c2ccc(NC(=O)C=Cc3ccc(-c4ccccc4)o3)cc2Cl)CC1. The van der Waals surface area contributed by atoms with Crippen molar-refractivity contribution in [3.8, 4) is 11.3 Å². The summed E-state index contributed by atoms with van der Waals surface area (Å²) in [5.74, 6) is 1.26. The average Bonchev–Trinajstić information content (AvgIpc) is 3.32. The van der Waals surface area contributed by atoms with E-state index in [2.05, 4.69) is 10.2 Å². The van der Waals surface area contributed by atoms with Crippen LogP contribution in [-0.2, 0) is 9.59 Å². The first kappa shape index (κ1) is 23.6. The second-order valence-electron chi connectivity index (χ2n) is 8.52. The number of anilines is 2. The van der Waals surface area contributed by atoms with Gasteiger partial charge >= 0.3 is 0 Å². The highest BCUT2D eigenvalue weighted by Gasteiger charge is 2.24. The Morgan fingerprint density at radius 3 is 2.41 bits per heavy atom. The average molecular weight is 478 g/mol. The third kappa shape index (κ3) is 5.69. The number of hydrogen-bond donors (Lipinski definition) is 1. The van der Waals surface area contributed by atoms with Crippen LogP contribution in [0.4, 0.5) is 11.4 Å². The molecular formula is C27H28ClN3O3. The standard InChI is InChI=1S/C27H28ClN3O3/c1-19(2)27(33)31-16-14-30(15-17-31)24-11-8-21(18-23(24)28)29-26(32)13-10-22-9-12-25(34-22)20-6-4-3-5-7-20/h3-13,18-19H,14-17H2,1-2H3,(H,29,32). The van der Waals surface area contributed by atoms with Gasteiger partial charge in [-0.05, 0) is 36.4 Å². The van der Waals surface area contributed by atoms with Crippen molar-refractivity contribution in [1.82, 2.24) is 4.90 Å². The molecule has 0 unspecified atom stereocenters. The Kier molecular flexibility index (Phi) is 7.38. The molecule has 7 heteroatoms. The minimum absolute atomic E-state index is 0.00535. The van der Waals surface area contributed by atoms with Gasteiger partial charge in [0, 0.05) is 49.4 Å². The van der Waals surface area contributed by atoms with E-state index in [0.29, 0.717) is 29.6 Å². The van der Waals surface area contributed by atoms with Gasteiger partial charge in [-0.15, -0.1) is 0 Å². The van der Waals surface area contributed by atoms with E-state index < -0.39 is 0 Å². The molecule has 2 heterocycles. The highest BCUT2D eigenvalue weighted by atomic mass is 35.5. The molecule has 0 aliphatic carbocycles. The third-order valence-corrected chi connectivity index (χ3v) is 6.03. The van der Waals surface area contributed by atoms with Gasteiger partial charge in [0.25, 0.3) is 0 Å². The van der Waals surface area contributed by atoms with E-state index in [1.54, 1.807) is 12.1 Å². The van der Waals surface area contributed by atoms with Crippen LogP contribution in [0.25, 0.3) is 17.4 Å². The van der Waals surface area contributed by atoms with Crippen molar-refractivity contribution >= 4 is 40.9 Å². The molecule has 34 heavy (non-hydrogen) atoms. The Morgan fingerprint density at radius 2 is 1.74 bits per heavy atom. The lowest BCUT2D eigenvalue weighted by atomic mass is 10.1. The number of carbonyl (C=O) groups excluding carboxylic acids is 2. The van der Waals surface area contributed by atoms with E-state index in [1.807, 2.05) is 73.3 Å². The summed E-state index contributed by atoms with van der Waals surface area (Å²) in [5, 5.41) is 3.39. The van der Waals surface area contributed by atoms with Gasteiger partial charge < -0.3 is 19.5 Å². The molecule has 4 rings (SSSR count). The van der Waals surface area contributed by atoms with Gasteiger partial charge in [-0.1, -0.05) is 55.8 Å². The summed E-state index contributed by atoms with van der Waals surface area (Å²) in [4.78, 5) is 28.6. The number of furan rings is 1. The topological polar surface area (TPSA) is 65.8 Å². The summed E-state index contributed by atoms with van der Waals surface area (Å²) in [6, 6.07) is 19.0. The van der Waals surface area contributed by atoms with Gasteiger partial charge in [0.2, 0.25) is 11.8 Å². The van der Waals surface area contributed by atoms with Crippen LogP contribution < -0.4 is 10.2 Å². The first-order chi connectivity index (χ1) is 16.4. The molecule has 6 nitrogen and oxygen atoms in total. The number of carbonyl (C=O) groups is 2. The first-order valence-electron chi connectivity index (χ1n) is 11.4. The van der Waals surface area contributed by atoms with Crippen molar-refractivity contribution in [3.05, 3.63) is 77.5 Å². The predicted octanol–water partition coefficient (Wildman–Crippen LogP) is 5.56. The lowest BCUT2D eigenvalue weighted by Crippen LogP contribution is -2.50. The summed E-state index contributed by atoms with van der Waals surface area (Å²) in [6.07, 6.45) is 3.07. The van der Waals surface area contributed by atoms with E-state index in [1.165, 1.54) is 6.08 Å². The summed E-state index contributed by atoms with van der Waals surface area (Å²) < 4.78 is 5.79. The Hall–Kier alpha value is -3.51. The summed E-state index contributed by atoms with van der Waals surface area (Å²) in [5.41, 5.74) is 2.49. The van der Waals surface area contributed by atoms with Crippen LogP contribution in [0.2, 0.25) is 5.02 Å². The summed E-state index contributed by atoms with van der Waals surface area (Å²) in [6.45, 7) is 6.64. The second-order valence-corrected chi connectivity index (χ2v) is 8.93. The molecule has 0 saturated carbocycles. The molecule has 1 aromatic heterocycles. The van der Waals surface area contributed by atoms with E-state index in [4.69, 9.17) is 16.0 Å². The minimum Gasteiger partial charge on any atom is -0.457 e. The molecule has 0 atom stereocenters. The van der Waals surface area contributed by atoms with Crippen LogP contribution in [0.5, 0.6) is 0 Å². The first-order valence-corrected chi connectivity index (χ1v) is 11.8. The highest BCUT2D eigenvalue weighted by Crippen LogP contribution is 2.30. The Balaban J connectivity index is 1.33. The fourth-order valence-corrected chi connectivity index (χ4v) is 4.22. The Labute approximate surface area is 204 Å². The van der Waals surface area contributed by atoms with Gasteiger partial charge in [-0.2, -0.15) is 0 Å². The molecule has 1 aliphatic heterocycles. The number of amides is 2. The predicted molar refractivity (Wildman–Crippen MR) is 137 cm³/mol. The van der Waals surface area contributed by atoms with Crippen LogP contribution in [-0.4, -0.2) is 42.9 Å². The molecular weight excluding hydrogens is 450 g/mol. The van der Waals surface area contributed by atoms with Crippen LogP contribution >= 0.6 is 11.6 Å². The van der Waals surface area contributed by atoms with Gasteiger partial charge in [-0.3, -0.25) is 9.59 Å². The van der Waals surface area contributed by atoms with Crippen LogP contribution in [0.3, 0.4) is 0 Å². The van der Waals surface area contributed by atoms with Crippen molar-refractivity contribution in [3.63, 3.8) is 0 Å². The summed E-state index contributed by atoms with van der Waals surface area (Å²) in [7, 11) is 0. The monoisotopic (exact) mass is 477 g/mol. The molecule has 1 fully saturated rings. The molecule has 176 valence electrons. The van der Waals surface area contributed by atoms with Gasteiger partial charge in [0.15, 0.2) is 0 Å². The van der Waals surface area contributed by atoms with Gasteiger partial charge in [-0.25, -0.2) is 0 Å². The molecule has 0 bridgehead atoms. The zero-order chi connectivity index (χ0) is 24.1.